The number of benzene rings is 1. The summed E-state index contributed by atoms with van der Waals surface area (Å²) in [6.07, 6.45) is 5.94. The molecule has 2 aromatic heterocycles. The van der Waals surface area contributed by atoms with Gasteiger partial charge in [-0.2, -0.15) is 0 Å². The summed E-state index contributed by atoms with van der Waals surface area (Å²) in [5.41, 5.74) is 2.98. The van der Waals surface area contributed by atoms with Gasteiger partial charge in [-0.3, -0.25) is 4.79 Å². The van der Waals surface area contributed by atoms with E-state index in [9.17, 15) is 9.90 Å². The van der Waals surface area contributed by atoms with Gasteiger partial charge in [0.1, 0.15) is 5.75 Å². The third-order valence-corrected chi connectivity index (χ3v) is 4.49. The Morgan fingerprint density at radius 3 is 2.72 bits per heavy atom. The number of hydrogen-bond donors (Lipinski definition) is 1. The standard InChI is InChI=1S/C18H19N5O2/c24-14-6-4-13(5-7-14)15-11-19-17-18(21-15)23(12-20-17)10-2-9-22-8-1-3-16(22)25/h4-7,11-12,24H,1-3,8-10H2. The van der Waals surface area contributed by atoms with Gasteiger partial charge in [-0.15, -0.1) is 0 Å². The van der Waals surface area contributed by atoms with Crippen LogP contribution >= 0.6 is 0 Å². The van der Waals surface area contributed by atoms with Crippen LogP contribution in [0.4, 0.5) is 0 Å². The maximum atomic E-state index is 11.7. The van der Waals surface area contributed by atoms with Crippen molar-refractivity contribution in [3.8, 4) is 17.0 Å². The number of fused-ring (bicyclic) bond motifs is 1. The molecule has 0 unspecified atom stereocenters. The van der Waals surface area contributed by atoms with Crippen LogP contribution < -0.4 is 0 Å². The first-order valence-electron chi connectivity index (χ1n) is 8.46. The first-order chi connectivity index (χ1) is 12.2. The lowest BCUT2D eigenvalue weighted by Gasteiger charge is -2.15. The van der Waals surface area contributed by atoms with Crippen molar-refractivity contribution in [2.45, 2.75) is 25.8 Å². The summed E-state index contributed by atoms with van der Waals surface area (Å²) in [6, 6.07) is 6.88. The fraction of sp³-hybridized carbons (Fsp3) is 0.333. The largest absolute Gasteiger partial charge is 0.508 e. The zero-order chi connectivity index (χ0) is 17.2. The first-order valence-corrected chi connectivity index (χ1v) is 8.46. The van der Waals surface area contributed by atoms with Crippen LogP contribution in [0.25, 0.3) is 22.6 Å². The van der Waals surface area contributed by atoms with Crippen LogP contribution in [0.1, 0.15) is 19.3 Å². The number of carbonyl (C=O) groups is 1. The van der Waals surface area contributed by atoms with Crippen LogP contribution in [0, 0.1) is 0 Å². The summed E-state index contributed by atoms with van der Waals surface area (Å²) in [6.45, 7) is 2.38. The second kappa shape index (κ2) is 6.51. The Morgan fingerprint density at radius 1 is 1.12 bits per heavy atom. The summed E-state index contributed by atoms with van der Waals surface area (Å²) in [5.74, 6) is 0.476. The Hall–Kier alpha value is -2.96. The second-order valence-electron chi connectivity index (χ2n) is 6.23. The van der Waals surface area contributed by atoms with E-state index in [2.05, 4.69) is 15.0 Å². The number of phenols is 1. The van der Waals surface area contributed by atoms with E-state index in [1.807, 2.05) is 21.6 Å². The summed E-state index contributed by atoms with van der Waals surface area (Å²) in [4.78, 5) is 26.9. The van der Waals surface area contributed by atoms with Crippen molar-refractivity contribution in [3.63, 3.8) is 0 Å². The molecule has 7 nitrogen and oxygen atoms in total. The number of aryl methyl sites for hydroxylation is 1. The second-order valence-corrected chi connectivity index (χ2v) is 6.23. The summed E-state index contributed by atoms with van der Waals surface area (Å²) < 4.78 is 1.98. The van der Waals surface area contributed by atoms with E-state index < -0.39 is 0 Å². The minimum atomic E-state index is 0.222. The van der Waals surface area contributed by atoms with E-state index in [1.165, 1.54) is 0 Å². The van der Waals surface area contributed by atoms with Crippen LogP contribution in [0.2, 0.25) is 0 Å². The van der Waals surface area contributed by atoms with Crippen molar-refractivity contribution in [3.05, 3.63) is 36.8 Å². The number of likely N-dealkylation sites (tertiary alicyclic amines) is 1. The van der Waals surface area contributed by atoms with Crippen molar-refractivity contribution in [2.75, 3.05) is 13.1 Å². The number of nitrogens with zero attached hydrogens (tertiary/aromatic N) is 5. The molecule has 128 valence electrons. The molecule has 1 fully saturated rings. The van der Waals surface area contributed by atoms with Gasteiger partial charge in [0.05, 0.1) is 18.2 Å². The van der Waals surface area contributed by atoms with Gasteiger partial charge in [0, 0.05) is 31.6 Å². The smallest absolute Gasteiger partial charge is 0.222 e. The number of hydrogen-bond acceptors (Lipinski definition) is 5. The number of imidazole rings is 1. The third-order valence-electron chi connectivity index (χ3n) is 4.49. The first kappa shape index (κ1) is 15.6. The minimum Gasteiger partial charge on any atom is -0.508 e. The van der Waals surface area contributed by atoms with Crippen LogP contribution in [-0.2, 0) is 11.3 Å². The number of rotatable bonds is 5. The molecular weight excluding hydrogens is 318 g/mol. The van der Waals surface area contributed by atoms with E-state index >= 15 is 0 Å². The summed E-state index contributed by atoms with van der Waals surface area (Å²) in [5, 5.41) is 9.41. The molecule has 1 aromatic carbocycles. The molecule has 0 radical (unpaired) electrons. The average molecular weight is 337 g/mol. The average Bonchev–Trinajstić information content (AvgIpc) is 3.22. The molecule has 0 atom stereocenters. The van der Waals surface area contributed by atoms with Crippen molar-refractivity contribution in [1.29, 1.82) is 0 Å². The lowest BCUT2D eigenvalue weighted by atomic mass is 10.1. The lowest BCUT2D eigenvalue weighted by Crippen LogP contribution is -2.26. The number of aromatic hydroxyl groups is 1. The third kappa shape index (κ3) is 3.17. The maximum Gasteiger partial charge on any atom is 0.222 e. The van der Waals surface area contributed by atoms with Crippen LogP contribution in [0.5, 0.6) is 5.75 Å². The highest BCUT2D eigenvalue weighted by atomic mass is 16.3. The van der Waals surface area contributed by atoms with Gasteiger partial charge in [-0.25, -0.2) is 15.0 Å². The Bertz CT molecular complexity index is 903. The molecular formula is C18H19N5O2. The Morgan fingerprint density at radius 2 is 1.96 bits per heavy atom. The molecule has 3 aromatic rings. The highest BCUT2D eigenvalue weighted by Gasteiger charge is 2.19. The minimum absolute atomic E-state index is 0.222. The fourth-order valence-corrected chi connectivity index (χ4v) is 3.14. The number of aromatic nitrogens is 4. The molecule has 1 N–H and O–H groups in total. The van der Waals surface area contributed by atoms with Gasteiger partial charge in [0.2, 0.25) is 5.91 Å². The van der Waals surface area contributed by atoms with Crippen molar-refractivity contribution >= 4 is 17.2 Å². The predicted octanol–water partition coefficient (Wildman–Crippen LogP) is 2.21. The molecule has 0 saturated carbocycles. The Labute approximate surface area is 145 Å². The molecule has 0 aliphatic carbocycles. The van der Waals surface area contributed by atoms with Gasteiger partial charge in [0.15, 0.2) is 11.3 Å². The van der Waals surface area contributed by atoms with E-state index in [0.717, 1.165) is 49.4 Å². The Balaban J connectivity index is 1.52. The van der Waals surface area contributed by atoms with E-state index in [1.54, 1.807) is 24.7 Å². The number of carbonyl (C=O) groups excluding carboxylic acids is 1. The number of phenolic OH excluding ortho intramolecular Hbond substituents is 1. The van der Waals surface area contributed by atoms with E-state index in [4.69, 9.17) is 0 Å². The molecule has 1 aliphatic rings. The zero-order valence-electron chi connectivity index (χ0n) is 13.8. The molecule has 3 heterocycles. The summed E-state index contributed by atoms with van der Waals surface area (Å²) in [7, 11) is 0. The summed E-state index contributed by atoms with van der Waals surface area (Å²) >= 11 is 0. The molecule has 0 bridgehead atoms. The number of amides is 1. The quantitative estimate of drug-likeness (QED) is 0.772. The maximum absolute atomic E-state index is 11.7. The Kier molecular flexibility index (Phi) is 4.05. The highest BCUT2D eigenvalue weighted by Crippen LogP contribution is 2.21. The SMILES string of the molecule is O=C1CCCN1CCCn1cnc2ncc(-c3ccc(O)cc3)nc21. The molecule has 7 heteroatoms. The van der Waals surface area contributed by atoms with Crippen LogP contribution in [0.3, 0.4) is 0 Å². The predicted molar refractivity (Wildman–Crippen MR) is 92.9 cm³/mol. The molecule has 25 heavy (non-hydrogen) atoms. The molecule has 1 amide bonds. The van der Waals surface area contributed by atoms with E-state index in [0.29, 0.717) is 12.1 Å². The van der Waals surface area contributed by atoms with Crippen molar-refractivity contribution in [2.24, 2.45) is 0 Å². The monoisotopic (exact) mass is 337 g/mol. The molecule has 1 aliphatic heterocycles. The van der Waals surface area contributed by atoms with E-state index in [-0.39, 0.29) is 11.7 Å². The van der Waals surface area contributed by atoms with Gasteiger partial charge in [-0.1, -0.05) is 0 Å². The normalized spacial score (nSPS) is 14.6. The highest BCUT2D eigenvalue weighted by molar-refractivity contribution is 5.78. The van der Waals surface area contributed by atoms with Gasteiger partial charge in [0.25, 0.3) is 0 Å². The topological polar surface area (TPSA) is 84.1 Å². The van der Waals surface area contributed by atoms with Gasteiger partial charge >= 0.3 is 0 Å². The molecule has 1 saturated heterocycles. The zero-order valence-corrected chi connectivity index (χ0v) is 13.8. The molecule has 0 spiro atoms. The van der Waals surface area contributed by atoms with Crippen LogP contribution in [-0.4, -0.2) is 48.5 Å². The van der Waals surface area contributed by atoms with Crippen molar-refractivity contribution < 1.29 is 9.90 Å². The lowest BCUT2D eigenvalue weighted by molar-refractivity contribution is -0.127. The van der Waals surface area contributed by atoms with Crippen molar-refractivity contribution in [1.82, 2.24) is 24.4 Å². The van der Waals surface area contributed by atoms with Gasteiger partial charge in [-0.05, 0) is 37.1 Å². The van der Waals surface area contributed by atoms with Crippen LogP contribution in [0.15, 0.2) is 36.8 Å². The fourth-order valence-electron chi connectivity index (χ4n) is 3.14. The molecule has 4 rings (SSSR count). The van der Waals surface area contributed by atoms with Gasteiger partial charge < -0.3 is 14.6 Å².